The minimum Gasteiger partial charge on any atom is -0.504 e. The molecule has 3 N–H and O–H groups in total. The van der Waals surface area contributed by atoms with Crippen LogP contribution in [0.25, 0.3) is 0 Å². The maximum Gasteiger partial charge on any atom is 0.353 e. The number of nitrogen functional groups attached to an aromatic ring is 1. The molecule has 13 nitrogen and oxygen atoms in total. The normalized spacial score (nSPS) is 10.9. The molecule has 134 heavy (non-hydrogen) atoms. The predicted octanol–water partition coefficient (Wildman–Crippen LogP) is 25.6. The molecule has 0 heterocycles. The summed E-state index contributed by atoms with van der Waals surface area (Å²) >= 11 is 0. The van der Waals surface area contributed by atoms with Gasteiger partial charge in [-0.15, -0.1) is 0 Å². The van der Waals surface area contributed by atoms with E-state index in [-0.39, 0.29) is 23.0 Å². The lowest BCUT2D eigenvalue weighted by Crippen LogP contribution is -2.17. The Kier molecular flexibility index (Phi) is 31.3. The number of halogens is 17. The summed E-state index contributed by atoms with van der Waals surface area (Å²) in [5, 5.41) is 20.7. The molecule has 0 amide bonds. The Bertz CT molecular complexity index is 6230. The second-order valence-corrected chi connectivity index (χ2v) is 35.5. The highest BCUT2D eigenvalue weighted by Crippen LogP contribution is 2.41. The Hall–Kier alpha value is -15.4. The van der Waals surface area contributed by atoms with Gasteiger partial charge in [-0.2, -0.15) is 8.78 Å². The van der Waals surface area contributed by atoms with E-state index >= 15 is 0 Å². The van der Waals surface area contributed by atoms with Crippen molar-refractivity contribution in [3.8, 4) is 28.7 Å². The zero-order chi connectivity index (χ0) is 95.7. The monoisotopic (exact) mass is 1910 g/mol. The summed E-state index contributed by atoms with van der Waals surface area (Å²) in [6.07, 6.45) is 0. The van der Waals surface area contributed by atoms with Crippen LogP contribution in [-0.2, 0) is 43.6 Å². The number of ether oxygens (including phenoxy) is 4. The van der Waals surface area contributed by atoms with E-state index in [1.165, 1.54) is 48.5 Å². The quantitative estimate of drug-likeness (QED) is 0.00797. The minimum atomic E-state index is -2.40. The molecule has 0 saturated carbocycles. The van der Waals surface area contributed by atoms with Crippen LogP contribution in [0.2, 0.25) is 0 Å². The third-order valence-electron chi connectivity index (χ3n) is 18.9. The predicted molar refractivity (Wildman–Crippen MR) is 464 cm³/mol. The summed E-state index contributed by atoms with van der Waals surface area (Å²) in [5.74, 6) is -45.3. The minimum absolute atomic E-state index is 0.0511. The van der Waals surface area contributed by atoms with E-state index in [0.29, 0.717) is 0 Å². The number of nitro benzene ring substituents is 1. The number of phenolic OH excluding ortho intramolecular Hbond substituents is 1. The summed E-state index contributed by atoms with van der Waals surface area (Å²) in [7, 11) is -1.94. The number of hydrogen-bond donors (Lipinski definition) is 2. The average Bonchev–Trinajstić information content (AvgIpc) is 0.812. The van der Waals surface area contributed by atoms with Gasteiger partial charge >= 0.3 is 29.6 Å². The zero-order valence-electron chi connectivity index (χ0n) is 67.9. The molecule has 0 fully saturated rings. The van der Waals surface area contributed by atoms with Gasteiger partial charge in [0, 0.05) is 0 Å². The number of benzene rings is 16. The average molecular weight is 1920 g/mol. The number of hydrogen-bond acceptors (Lipinski definition) is 12. The Labute approximate surface area is 761 Å². The first-order chi connectivity index (χ1) is 64.4. The summed E-state index contributed by atoms with van der Waals surface area (Å²) in [4.78, 5) is 70.5. The zero-order valence-corrected chi connectivity index (χ0v) is 71.2. The van der Waals surface area contributed by atoms with Crippen LogP contribution in [0, 0.1) is 109 Å². The van der Waals surface area contributed by atoms with Crippen LogP contribution >= 0.6 is 0 Å². The molecule has 0 spiro atoms. The summed E-state index contributed by atoms with van der Waals surface area (Å²) in [5.41, 5.74) is -4.45. The largest absolute Gasteiger partial charge is 0.504 e. The first-order valence-corrected chi connectivity index (χ1v) is 43.7. The molecule has 0 bridgehead atoms. The molecule has 0 aliphatic carbocycles. The highest BCUT2D eigenvalue weighted by molar-refractivity contribution is 7.98. The second-order valence-electron chi connectivity index (χ2n) is 27.4. The molecule has 0 aromatic heterocycles. The highest BCUT2D eigenvalue weighted by Gasteiger charge is 2.41. The first kappa shape index (κ1) is 96.2. The Morgan fingerprint density at radius 1 is 0.224 bits per heavy atom. The fourth-order valence-corrected chi connectivity index (χ4v) is 21.0. The summed E-state index contributed by atoms with van der Waals surface area (Å²) < 4.78 is 252. The van der Waals surface area contributed by atoms with Gasteiger partial charge in [0.2, 0.25) is 29.1 Å². The lowest BCUT2D eigenvalue weighted by Gasteiger charge is -2.10. The molecule has 0 saturated heterocycles. The van der Waals surface area contributed by atoms with E-state index in [1.54, 1.807) is 48.5 Å². The summed E-state index contributed by atoms with van der Waals surface area (Å²) in [6.45, 7) is 0. The van der Waals surface area contributed by atoms with Crippen molar-refractivity contribution < 1.29 is 123 Å². The Balaban J connectivity index is 0.000000152. The van der Waals surface area contributed by atoms with Crippen LogP contribution in [0.3, 0.4) is 0 Å². The third kappa shape index (κ3) is 21.6. The SMILES string of the molecule is Nc1c(F)c(F)c(C(=O)Oc2ccc([S+](c3ccccc3)c3ccccc3)cc2)c(F)c1F.O=C(Oc1ccc([S+](c2ccccc2)c2ccccc2)cc1)c1c(F)c(F)c(F)c(F)c1F.O=C(Oc1ccc([S+](c2ccccc2)c2ccccc2)cc1)c1c(F)c(F)c(F)c(F)c1[N+](=O)[O-].O=C(Oc1ccc([S+](c2ccccc2)c2ccccc2)cc1)c1c(O)c(F)c(F)c(F)c1F. The van der Waals surface area contributed by atoms with Crippen molar-refractivity contribution >= 4 is 78.8 Å². The number of anilines is 1. The molecule has 0 unspecified atom stereocenters. The number of nitrogens with two attached hydrogens (primary N) is 1. The van der Waals surface area contributed by atoms with Crippen LogP contribution in [0.1, 0.15) is 41.4 Å². The van der Waals surface area contributed by atoms with Crippen molar-refractivity contribution in [3.05, 3.63) is 471 Å². The van der Waals surface area contributed by atoms with Gasteiger partial charge in [0.25, 0.3) is 0 Å². The number of carbonyl (C=O) groups excluding carboxylic acids is 4. The van der Waals surface area contributed by atoms with Crippen LogP contribution in [0.15, 0.2) is 398 Å². The molecule has 0 radical (unpaired) electrons. The van der Waals surface area contributed by atoms with Crippen LogP contribution in [0.4, 0.5) is 86.0 Å². The molecule has 0 aliphatic heterocycles. The van der Waals surface area contributed by atoms with Crippen molar-refractivity contribution in [1.82, 2.24) is 0 Å². The van der Waals surface area contributed by atoms with E-state index in [1.807, 2.05) is 243 Å². The van der Waals surface area contributed by atoms with Gasteiger partial charge in [0.1, 0.15) is 45.4 Å². The molecule has 16 aromatic carbocycles. The number of esters is 4. The first-order valence-electron chi connectivity index (χ1n) is 38.8. The summed E-state index contributed by atoms with van der Waals surface area (Å²) in [6, 6.07) is 102. The van der Waals surface area contributed by atoms with Gasteiger partial charge in [-0.25, -0.2) is 85.0 Å². The van der Waals surface area contributed by atoms with Crippen LogP contribution < -0.4 is 24.7 Å². The van der Waals surface area contributed by atoms with Crippen molar-refractivity contribution in [2.24, 2.45) is 0 Å². The molecular weight excluding hydrogens is 1860 g/mol. The molecular formula is C100H59F17N2O11S4+4. The highest BCUT2D eigenvalue weighted by atomic mass is 32.2. The van der Waals surface area contributed by atoms with E-state index < -0.39 is 211 Å². The van der Waals surface area contributed by atoms with Gasteiger partial charge in [-0.05, 0) is 194 Å². The molecule has 0 aliphatic rings. The molecule has 34 heteroatoms. The van der Waals surface area contributed by atoms with Gasteiger partial charge in [0.15, 0.2) is 140 Å². The number of nitro groups is 1. The molecule has 0 atom stereocenters. The van der Waals surface area contributed by atoms with Crippen molar-refractivity contribution in [2.75, 3.05) is 5.73 Å². The lowest BCUT2D eigenvalue weighted by atomic mass is 10.1. The van der Waals surface area contributed by atoms with Crippen molar-refractivity contribution in [2.45, 2.75) is 58.7 Å². The molecule has 16 aromatic rings. The van der Waals surface area contributed by atoms with Crippen molar-refractivity contribution in [3.63, 3.8) is 0 Å². The second kappa shape index (κ2) is 43.6. The van der Waals surface area contributed by atoms with E-state index in [2.05, 4.69) is 0 Å². The third-order valence-corrected chi connectivity index (χ3v) is 27.8. The fraction of sp³-hybridized carbons (Fsp3) is 0. The van der Waals surface area contributed by atoms with Gasteiger partial charge < -0.3 is 29.8 Å². The number of nitrogens with zero attached hydrogens (tertiary/aromatic N) is 1. The van der Waals surface area contributed by atoms with Crippen LogP contribution in [0.5, 0.6) is 28.7 Å². The van der Waals surface area contributed by atoms with Crippen molar-refractivity contribution in [1.29, 1.82) is 0 Å². The van der Waals surface area contributed by atoms with Gasteiger partial charge in [0.05, 0.1) is 48.5 Å². The topological polar surface area (TPSA) is 195 Å². The number of aromatic hydroxyl groups is 1. The van der Waals surface area contributed by atoms with Crippen LogP contribution in [-0.4, -0.2) is 33.9 Å². The smallest absolute Gasteiger partial charge is 0.353 e. The van der Waals surface area contributed by atoms with Gasteiger partial charge in [-0.1, -0.05) is 146 Å². The number of phenols is 1. The Morgan fingerprint density at radius 3 is 0.612 bits per heavy atom. The Morgan fingerprint density at radius 2 is 0.388 bits per heavy atom. The number of carbonyl (C=O) groups is 4. The maximum atomic E-state index is 14.2. The maximum absolute atomic E-state index is 14.2. The van der Waals surface area contributed by atoms with E-state index in [4.69, 9.17) is 24.7 Å². The van der Waals surface area contributed by atoms with E-state index in [0.717, 1.165) is 58.7 Å². The molecule has 16 rings (SSSR count). The van der Waals surface area contributed by atoms with E-state index in [9.17, 15) is 109 Å². The lowest BCUT2D eigenvalue weighted by molar-refractivity contribution is -0.388. The number of rotatable bonds is 21. The fourth-order valence-electron chi connectivity index (χ4n) is 12.7. The molecule has 674 valence electrons. The van der Waals surface area contributed by atoms with Gasteiger partial charge in [-0.3, -0.25) is 10.1 Å². The standard InChI is InChI=1S/C25H14F5O2S.C25H14F4NO4S.C25H15F4NO2S.C25H14F4O3S/c26-20-19(21(27)23(29)24(30)22(20)28)25(31)32-15-11-13-18(14-12-15)33(16-7-3-1-4-8-16)17-9-5-2-6-10-17;26-20-19(24(30(32)33)23(29)22(28)21(20)27)25(31)34-15-11-13-18(14-12-15)35(16-7-3-1-4-8-16)17-9-5-2-6-10-17;26-20-19(21(27)23(29)24(30)22(20)28)25(31)32-15-11-13-18(14-12-15)33(16-7-3-1-4-8-16)17-9-5-2-6-10-17;26-20-19(24(30)23(29)22(28)21(20)27)25(31)32-15-11-13-18(14-12-15)33(16-7-3-1-4-8-16)17-9-5-2-6-10-17/h1-14H;1-14H;1-14H,(H-,30,31);1-14H/q2*+1;;/p+2.